The molecule has 1 aliphatic rings. The van der Waals surface area contributed by atoms with E-state index in [1.165, 1.54) is 29.1 Å². The second kappa shape index (κ2) is 6.61. The summed E-state index contributed by atoms with van der Waals surface area (Å²) in [7, 11) is -0.659. The number of rotatable bonds is 7. The van der Waals surface area contributed by atoms with Crippen LogP contribution in [0.2, 0.25) is 0 Å². The fourth-order valence-corrected chi connectivity index (χ4v) is 3.47. The van der Waals surface area contributed by atoms with Crippen LogP contribution in [0.3, 0.4) is 0 Å². The Kier molecular flexibility index (Phi) is 5.13. The van der Waals surface area contributed by atoms with Crippen molar-refractivity contribution >= 4 is 22.1 Å². The molecule has 1 fully saturated rings. The van der Waals surface area contributed by atoms with Crippen LogP contribution < -0.4 is 5.32 Å². The molecule has 1 aliphatic carbocycles. The van der Waals surface area contributed by atoms with Gasteiger partial charge >= 0.3 is 0 Å². The van der Waals surface area contributed by atoms with Gasteiger partial charge in [-0.05, 0) is 25.8 Å². The quantitative estimate of drug-likeness (QED) is 0.774. The molecule has 0 aromatic carbocycles. The Balaban J connectivity index is 1.65. The van der Waals surface area contributed by atoms with Gasteiger partial charge in [0.05, 0.1) is 5.01 Å². The third-order valence-corrected chi connectivity index (χ3v) is 5.13. The minimum Gasteiger partial charge on any atom is -0.312 e. The van der Waals surface area contributed by atoms with Crippen molar-refractivity contribution in [1.29, 1.82) is 0 Å². The highest BCUT2D eigenvalue weighted by molar-refractivity contribution is 7.84. The second-order valence-corrected chi connectivity index (χ2v) is 7.30. The number of aromatic nitrogens is 1. The molecule has 0 unspecified atom stereocenters. The molecule has 0 aliphatic heterocycles. The van der Waals surface area contributed by atoms with Crippen LogP contribution in [0.25, 0.3) is 0 Å². The lowest BCUT2D eigenvalue weighted by atomic mass is 9.86. The number of nitrogens with zero attached hydrogens (tertiary/aromatic N) is 1. The van der Waals surface area contributed by atoms with E-state index in [0.717, 1.165) is 31.2 Å². The van der Waals surface area contributed by atoms with E-state index in [9.17, 15) is 4.21 Å². The van der Waals surface area contributed by atoms with E-state index >= 15 is 0 Å². The summed E-state index contributed by atoms with van der Waals surface area (Å²) < 4.78 is 10.9. The number of hydrogen-bond acceptors (Lipinski definition) is 4. The van der Waals surface area contributed by atoms with E-state index in [2.05, 4.69) is 10.3 Å². The van der Waals surface area contributed by atoms with E-state index < -0.39 is 10.8 Å². The monoisotopic (exact) mass is 272 g/mol. The Morgan fingerprint density at radius 1 is 1.59 bits per heavy atom. The molecule has 1 aromatic heterocycles. The number of thiazole rings is 1. The molecule has 0 saturated heterocycles. The Morgan fingerprint density at radius 3 is 3.06 bits per heavy atom. The van der Waals surface area contributed by atoms with Crippen molar-refractivity contribution in [3.05, 3.63) is 16.1 Å². The first-order chi connectivity index (χ1) is 8.25. The zero-order valence-electron chi connectivity index (χ0n) is 10.3. The third kappa shape index (κ3) is 4.16. The predicted octanol–water partition coefficient (Wildman–Crippen LogP) is 2.27. The molecule has 5 heteroatoms. The van der Waals surface area contributed by atoms with E-state index in [4.69, 9.17) is 0 Å². The molecule has 1 saturated carbocycles. The predicted molar refractivity (Wildman–Crippen MR) is 74.0 cm³/mol. The third-order valence-electron chi connectivity index (χ3n) is 3.11. The molecule has 1 aromatic rings. The van der Waals surface area contributed by atoms with E-state index in [1.807, 2.05) is 17.5 Å². The molecule has 0 spiro atoms. The summed E-state index contributed by atoms with van der Waals surface area (Å²) >= 11 is 1.85. The summed E-state index contributed by atoms with van der Waals surface area (Å²) in [4.78, 5) is 5.82. The van der Waals surface area contributed by atoms with Gasteiger partial charge in [0.2, 0.25) is 0 Å². The minimum atomic E-state index is -0.659. The molecule has 1 heterocycles. The van der Waals surface area contributed by atoms with Gasteiger partial charge in [0.25, 0.3) is 0 Å². The van der Waals surface area contributed by atoms with Crippen molar-refractivity contribution in [2.45, 2.75) is 38.1 Å². The highest BCUT2D eigenvalue weighted by Crippen LogP contribution is 2.38. The van der Waals surface area contributed by atoms with Gasteiger partial charge in [-0.2, -0.15) is 0 Å². The molecule has 0 radical (unpaired) electrons. The van der Waals surface area contributed by atoms with E-state index in [1.54, 1.807) is 6.26 Å². The Bertz CT molecular complexity index is 374. The molecule has 2 rings (SSSR count). The minimum absolute atomic E-state index is 0.659. The van der Waals surface area contributed by atoms with Gasteiger partial charge < -0.3 is 5.32 Å². The molecule has 17 heavy (non-hydrogen) atoms. The first-order valence-corrected chi connectivity index (χ1v) is 8.75. The molecular weight excluding hydrogens is 252 g/mol. The zero-order chi connectivity index (χ0) is 12.1. The van der Waals surface area contributed by atoms with Crippen molar-refractivity contribution in [1.82, 2.24) is 10.3 Å². The lowest BCUT2D eigenvalue weighted by Crippen LogP contribution is -2.15. The zero-order valence-corrected chi connectivity index (χ0v) is 11.9. The van der Waals surface area contributed by atoms with Crippen molar-refractivity contribution in [3.63, 3.8) is 0 Å². The molecule has 3 nitrogen and oxygen atoms in total. The molecular formula is C12H20N2OS2. The molecule has 0 amide bonds. The van der Waals surface area contributed by atoms with Gasteiger partial charge in [-0.15, -0.1) is 11.3 Å². The highest BCUT2D eigenvalue weighted by Gasteiger charge is 2.22. The van der Waals surface area contributed by atoms with Crippen LogP contribution in [0.4, 0.5) is 0 Å². The Morgan fingerprint density at radius 2 is 2.41 bits per heavy atom. The van der Waals surface area contributed by atoms with Crippen LogP contribution >= 0.6 is 11.3 Å². The van der Waals surface area contributed by atoms with Crippen LogP contribution in [-0.2, 0) is 17.3 Å². The van der Waals surface area contributed by atoms with Gasteiger partial charge in [-0.25, -0.2) is 4.98 Å². The molecule has 1 atom stereocenters. The topological polar surface area (TPSA) is 42.0 Å². The van der Waals surface area contributed by atoms with Crippen molar-refractivity contribution in [2.75, 3.05) is 18.6 Å². The van der Waals surface area contributed by atoms with Crippen LogP contribution in [0.1, 0.15) is 41.5 Å². The lowest BCUT2D eigenvalue weighted by Gasteiger charge is -2.22. The van der Waals surface area contributed by atoms with E-state index in [0.29, 0.717) is 0 Å². The normalized spacial score (nSPS) is 17.9. The number of hydrogen-bond donors (Lipinski definition) is 1. The fraction of sp³-hybridized carbons (Fsp3) is 0.750. The average Bonchev–Trinajstić information content (AvgIpc) is 2.63. The maximum Gasteiger partial charge on any atom is 0.0959 e. The van der Waals surface area contributed by atoms with Gasteiger partial charge in [-0.3, -0.25) is 4.21 Å². The van der Waals surface area contributed by atoms with Crippen LogP contribution in [-0.4, -0.2) is 27.7 Å². The smallest absolute Gasteiger partial charge is 0.0959 e. The van der Waals surface area contributed by atoms with E-state index in [-0.39, 0.29) is 0 Å². The van der Waals surface area contributed by atoms with Crippen molar-refractivity contribution in [2.24, 2.45) is 0 Å². The SMILES string of the molecule is C[S@](=O)CCCNCc1cnc(C2CCC2)s1. The fourth-order valence-electron chi connectivity index (χ4n) is 1.86. The standard InChI is InChI=1S/C12H20N2OS2/c1-17(15)7-3-6-13-8-11-9-14-12(16-11)10-4-2-5-10/h9-10,13H,2-8H2,1H3/t17-/m0/s1. The summed E-state index contributed by atoms with van der Waals surface area (Å²) in [5, 5.41) is 4.70. The first-order valence-electron chi connectivity index (χ1n) is 6.21. The average molecular weight is 272 g/mol. The lowest BCUT2D eigenvalue weighted by molar-refractivity contribution is 0.418. The van der Waals surface area contributed by atoms with Crippen LogP contribution in [0, 0.1) is 0 Å². The van der Waals surface area contributed by atoms with Gasteiger partial charge in [0.1, 0.15) is 0 Å². The molecule has 1 N–H and O–H groups in total. The van der Waals surface area contributed by atoms with Crippen molar-refractivity contribution in [3.8, 4) is 0 Å². The summed E-state index contributed by atoms with van der Waals surface area (Å²) in [6.45, 7) is 1.84. The maximum absolute atomic E-state index is 10.9. The van der Waals surface area contributed by atoms with Crippen LogP contribution in [0.5, 0.6) is 0 Å². The van der Waals surface area contributed by atoms with Crippen molar-refractivity contribution < 1.29 is 4.21 Å². The maximum atomic E-state index is 10.9. The number of nitrogens with one attached hydrogen (secondary N) is 1. The largest absolute Gasteiger partial charge is 0.312 e. The van der Waals surface area contributed by atoms with Gasteiger partial charge in [0.15, 0.2) is 0 Å². The molecule has 96 valence electrons. The Hall–Kier alpha value is -0.260. The first kappa shape index (κ1) is 13.2. The summed E-state index contributed by atoms with van der Waals surface area (Å²) in [6.07, 6.45) is 8.76. The van der Waals surface area contributed by atoms with Gasteiger partial charge in [0, 0.05) is 46.3 Å². The summed E-state index contributed by atoms with van der Waals surface area (Å²) in [5.74, 6) is 1.54. The molecule has 0 bridgehead atoms. The Labute approximate surface area is 109 Å². The summed E-state index contributed by atoms with van der Waals surface area (Å²) in [5.41, 5.74) is 0. The van der Waals surface area contributed by atoms with Gasteiger partial charge in [-0.1, -0.05) is 6.42 Å². The van der Waals surface area contributed by atoms with Crippen LogP contribution in [0.15, 0.2) is 6.20 Å². The summed E-state index contributed by atoms with van der Waals surface area (Å²) in [6, 6.07) is 0. The second-order valence-electron chi connectivity index (χ2n) is 4.60. The highest BCUT2D eigenvalue weighted by atomic mass is 32.2.